The number of hydrogen-bond acceptors (Lipinski definition) is 5. The number of likely N-dealkylation sites (tertiary alicyclic amines) is 1. The molecule has 0 unspecified atom stereocenters. The van der Waals surface area contributed by atoms with Crippen molar-refractivity contribution in [1.82, 2.24) is 19.8 Å². The smallest absolute Gasteiger partial charge is 0.257 e. The highest BCUT2D eigenvalue weighted by Crippen LogP contribution is 2.43. The third kappa shape index (κ3) is 3.31. The Morgan fingerprint density at radius 3 is 2.75 bits per heavy atom. The normalized spacial score (nSPS) is 28.2. The van der Waals surface area contributed by atoms with Crippen LogP contribution in [0.15, 0.2) is 49.1 Å². The molecule has 146 valence electrons. The van der Waals surface area contributed by atoms with Gasteiger partial charge < -0.3 is 9.64 Å². The predicted octanol–water partition coefficient (Wildman–Crippen LogP) is 2.08. The maximum atomic E-state index is 13.7. The van der Waals surface area contributed by atoms with Crippen LogP contribution in [0.1, 0.15) is 29.9 Å². The molecular weight excluding hydrogens is 352 g/mol. The van der Waals surface area contributed by atoms with Gasteiger partial charge in [-0.15, -0.1) is 0 Å². The quantitative estimate of drug-likeness (QED) is 0.797. The third-order valence-electron chi connectivity index (χ3n) is 6.26. The maximum absolute atomic E-state index is 13.7. The van der Waals surface area contributed by atoms with E-state index in [0.717, 1.165) is 30.1 Å². The molecule has 1 aliphatic carbocycles. The summed E-state index contributed by atoms with van der Waals surface area (Å²) in [5, 5.41) is 0. The highest BCUT2D eigenvalue weighted by Gasteiger charge is 2.57. The molecule has 2 aromatic heterocycles. The topological polar surface area (TPSA) is 58.6 Å². The van der Waals surface area contributed by atoms with Gasteiger partial charge in [0.25, 0.3) is 5.91 Å². The number of rotatable bonds is 5. The summed E-state index contributed by atoms with van der Waals surface area (Å²) in [6.07, 6.45) is 9.86. The van der Waals surface area contributed by atoms with Gasteiger partial charge in [-0.3, -0.25) is 19.7 Å². The Morgan fingerprint density at radius 2 is 2.00 bits per heavy atom. The van der Waals surface area contributed by atoms with Crippen LogP contribution in [0.3, 0.4) is 0 Å². The molecule has 1 saturated carbocycles. The largest absolute Gasteiger partial charge is 0.361 e. The number of ether oxygens (including phenoxy) is 1. The number of amides is 1. The fourth-order valence-corrected chi connectivity index (χ4v) is 4.67. The number of nitrogens with zero attached hydrogens (tertiary/aromatic N) is 4. The predicted molar refractivity (Wildman–Crippen MR) is 104 cm³/mol. The Bertz CT molecular complexity index is 827. The highest BCUT2D eigenvalue weighted by atomic mass is 16.5. The Hall–Kier alpha value is -2.31. The summed E-state index contributed by atoms with van der Waals surface area (Å²) in [5.41, 5.74) is 1.40. The molecule has 0 bridgehead atoms. The van der Waals surface area contributed by atoms with E-state index < -0.39 is 5.60 Å². The molecule has 0 aromatic carbocycles. The second kappa shape index (κ2) is 7.26. The van der Waals surface area contributed by atoms with Crippen molar-refractivity contribution in [2.75, 3.05) is 32.8 Å². The van der Waals surface area contributed by atoms with E-state index in [9.17, 15) is 4.79 Å². The molecule has 2 aliphatic heterocycles. The van der Waals surface area contributed by atoms with Crippen molar-refractivity contribution < 1.29 is 9.53 Å². The van der Waals surface area contributed by atoms with Gasteiger partial charge in [-0.1, -0.05) is 6.07 Å². The van der Waals surface area contributed by atoms with Crippen LogP contribution >= 0.6 is 0 Å². The van der Waals surface area contributed by atoms with Crippen LogP contribution in [0.2, 0.25) is 0 Å². The van der Waals surface area contributed by atoms with E-state index in [-0.39, 0.29) is 11.8 Å². The zero-order valence-corrected chi connectivity index (χ0v) is 16.0. The van der Waals surface area contributed by atoms with E-state index in [1.54, 1.807) is 18.6 Å². The summed E-state index contributed by atoms with van der Waals surface area (Å²) < 4.78 is 6.33. The van der Waals surface area contributed by atoms with Crippen LogP contribution < -0.4 is 0 Å². The lowest BCUT2D eigenvalue weighted by molar-refractivity contribution is -0.173. The van der Waals surface area contributed by atoms with E-state index in [2.05, 4.69) is 20.9 Å². The SMILES string of the molecule is O=C1N(Cc2ccncc2)CCO[C@]12CN(CC1CC1)C[C@@H]2c1cccnc1. The van der Waals surface area contributed by atoms with E-state index in [4.69, 9.17) is 4.74 Å². The monoisotopic (exact) mass is 378 g/mol. The first-order valence-electron chi connectivity index (χ1n) is 10.2. The Morgan fingerprint density at radius 1 is 1.14 bits per heavy atom. The van der Waals surface area contributed by atoms with Crippen LogP contribution in [0.5, 0.6) is 0 Å². The minimum atomic E-state index is -0.802. The zero-order chi connectivity index (χ0) is 19.0. The average Bonchev–Trinajstić information content (AvgIpc) is 3.47. The fourth-order valence-electron chi connectivity index (χ4n) is 4.67. The summed E-state index contributed by atoms with van der Waals surface area (Å²) in [5.74, 6) is 0.923. The molecule has 5 rings (SSSR count). The number of hydrogen-bond donors (Lipinski definition) is 0. The van der Waals surface area contributed by atoms with Gasteiger partial charge in [-0.05, 0) is 48.1 Å². The van der Waals surface area contributed by atoms with Gasteiger partial charge in [-0.2, -0.15) is 0 Å². The fraction of sp³-hybridized carbons (Fsp3) is 0.500. The average molecular weight is 378 g/mol. The molecular formula is C22H26N4O2. The molecule has 4 heterocycles. The molecule has 1 spiro atoms. The first-order valence-corrected chi connectivity index (χ1v) is 10.2. The lowest BCUT2D eigenvalue weighted by Crippen LogP contribution is -2.60. The summed E-state index contributed by atoms with van der Waals surface area (Å²) in [6.45, 7) is 4.41. The van der Waals surface area contributed by atoms with Gasteiger partial charge >= 0.3 is 0 Å². The van der Waals surface area contributed by atoms with E-state index in [0.29, 0.717) is 26.2 Å². The molecule has 2 saturated heterocycles. The van der Waals surface area contributed by atoms with Crippen molar-refractivity contribution in [3.63, 3.8) is 0 Å². The second-order valence-electron chi connectivity index (χ2n) is 8.30. The van der Waals surface area contributed by atoms with Gasteiger partial charge in [0.15, 0.2) is 5.60 Å². The minimum absolute atomic E-state index is 0.0210. The molecule has 1 amide bonds. The number of pyridine rings is 2. The number of carbonyl (C=O) groups is 1. The minimum Gasteiger partial charge on any atom is -0.361 e. The highest BCUT2D eigenvalue weighted by molar-refractivity contribution is 5.88. The number of morpholine rings is 1. The van der Waals surface area contributed by atoms with Crippen LogP contribution in [-0.2, 0) is 16.1 Å². The molecule has 6 heteroatoms. The van der Waals surface area contributed by atoms with Crippen molar-refractivity contribution in [2.45, 2.75) is 30.9 Å². The summed E-state index contributed by atoms with van der Waals surface area (Å²) in [6, 6.07) is 7.98. The zero-order valence-electron chi connectivity index (χ0n) is 16.0. The van der Waals surface area contributed by atoms with Crippen molar-refractivity contribution in [1.29, 1.82) is 0 Å². The van der Waals surface area contributed by atoms with Gasteiger partial charge in [-0.25, -0.2) is 0 Å². The standard InChI is InChI=1S/C22H26N4O2/c27-21-22(28-11-10-26(21)14-18-5-8-23-9-6-18)16-25(13-17-3-4-17)15-20(22)19-2-1-7-24-12-19/h1-2,5-9,12,17,20H,3-4,10-11,13-16H2/t20-,22+/m1/s1. The summed E-state index contributed by atoms with van der Waals surface area (Å²) in [7, 11) is 0. The third-order valence-corrected chi connectivity index (χ3v) is 6.26. The number of carbonyl (C=O) groups excluding carboxylic acids is 1. The maximum Gasteiger partial charge on any atom is 0.257 e. The first kappa shape index (κ1) is 17.8. The Kier molecular flexibility index (Phi) is 4.61. The van der Waals surface area contributed by atoms with Crippen LogP contribution in [0.4, 0.5) is 0 Å². The van der Waals surface area contributed by atoms with E-state index in [1.165, 1.54) is 12.8 Å². The lowest BCUT2D eigenvalue weighted by atomic mass is 9.83. The van der Waals surface area contributed by atoms with Crippen molar-refractivity contribution in [3.8, 4) is 0 Å². The van der Waals surface area contributed by atoms with Crippen molar-refractivity contribution in [2.24, 2.45) is 5.92 Å². The Labute approximate surface area is 165 Å². The summed E-state index contributed by atoms with van der Waals surface area (Å²) >= 11 is 0. The molecule has 0 radical (unpaired) electrons. The Balaban J connectivity index is 1.44. The summed E-state index contributed by atoms with van der Waals surface area (Å²) in [4.78, 5) is 26.5. The van der Waals surface area contributed by atoms with Crippen LogP contribution in [0.25, 0.3) is 0 Å². The van der Waals surface area contributed by atoms with Crippen LogP contribution in [-0.4, -0.2) is 64.1 Å². The van der Waals surface area contributed by atoms with Crippen molar-refractivity contribution >= 4 is 5.91 Å². The second-order valence-corrected chi connectivity index (χ2v) is 8.30. The van der Waals surface area contributed by atoms with E-state index >= 15 is 0 Å². The molecule has 0 N–H and O–H groups in total. The molecule has 2 aromatic rings. The van der Waals surface area contributed by atoms with Crippen molar-refractivity contribution in [3.05, 3.63) is 60.2 Å². The van der Waals surface area contributed by atoms with E-state index in [1.807, 2.05) is 29.3 Å². The van der Waals surface area contributed by atoms with Gasteiger partial charge in [0.05, 0.1) is 6.61 Å². The van der Waals surface area contributed by atoms with Gasteiger partial charge in [0, 0.05) is 63.4 Å². The van der Waals surface area contributed by atoms with Gasteiger partial charge in [0.2, 0.25) is 0 Å². The molecule has 2 atom stereocenters. The molecule has 3 fully saturated rings. The molecule has 6 nitrogen and oxygen atoms in total. The lowest BCUT2D eigenvalue weighted by Gasteiger charge is -2.42. The van der Waals surface area contributed by atoms with Gasteiger partial charge in [0.1, 0.15) is 0 Å². The molecule has 3 aliphatic rings. The number of aromatic nitrogens is 2. The first-order chi connectivity index (χ1) is 13.7. The van der Waals surface area contributed by atoms with Crippen LogP contribution in [0, 0.1) is 5.92 Å². The molecule has 28 heavy (non-hydrogen) atoms.